The van der Waals surface area contributed by atoms with Gasteiger partial charge < -0.3 is 20.3 Å². The van der Waals surface area contributed by atoms with Crippen LogP contribution in [0.5, 0.6) is 0 Å². The van der Waals surface area contributed by atoms with Gasteiger partial charge in [0.25, 0.3) is 0 Å². The Kier molecular flexibility index (Phi) is 6.78. The van der Waals surface area contributed by atoms with Crippen molar-refractivity contribution in [2.24, 2.45) is 0 Å². The molecule has 1 aliphatic heterocycles. The van der Waals surface area contributed by atoms with Crippen LogP contribution in [0, 0.1) is 0 Å². The summed E-state index contributed by atoms with van der Waals surface area (Å²) in [5.74, 6) is 1.17. The maximum Gasteiger partial charge on any atom is 0.178 e. The van der Waals surface area contributed by atoms with Gasteiger partial charge in [0.1, 0.15) is 18.0 Å². The monoisotopic (exact) mass is 473 g/mol. The summed E-state index contributed by atoms with van der Waals surface area (Å²) >= 11 is 5.95. The molecule has 0 unspecified atom stereocenters. The molecule has 0 aliphatic carbocycles. The van der Waals surface area contributed by atoms with Crippen LogP contribution < -0.4 is 15.5 Å². The lowest BCUT2D eigenvalue weighted by Gasteiger charge is -2.31. The number of nitrogens with one attached hydrogen (secondary N) is 2. The fourth-order valence-electron chi connectivity index (χ4n) is 3.37. The Hall–Kier alpha value is -2.88. The standard InChI is InChI=1S/C22H24ClN5O3S/c1-2-32(29,30)18-7-8-20(28-9-11-31-12-10-28)19(13-18)27-22-14-21(24-15-25-22)26-17-5-3-16(23)4-6-17/h3-8,13-15H,2,9-12H2,1H3,(H2,24,25,26,27). The van der Waals surface area contributed by atoms with Crippen molar-refractivity contribution >= 4 is 50.1 Å². The average molecular weight is 474 g/mol. The predicted octanol–water partition coefficient (Wildman–Crippen LogP) is 4.25. The molecule has 2 aromatic carbocycles. The number of aromatic nitrogens is 2. The van der Waals surface area contributed by atoms with Crippen LogP contribution in [0.1, 0.15) is 6.92 Å². The normalized spacial score (nSPS) is 14.2. The highest BCUT2D eigenvalue weighted by Gasteiger charge is 2.19. The third-order valence-electron chi connectivity index (χ3n) is 5.11. The number of halogens is 1. The van der Waals surface area contributed by atoms with E-state index in [-0.39, 0.29) is 10.6 Å². The number of hydrogen-bond acceptors (Lipinski definition) is 8. The van der Waals surface area contributed by atoms with Gasteiger partial charge in [0.15, 0.2) is 9.84 Å². The third-order valence-corrected chi connectivity index (χ3v) is 7.09. The van der Waals surface area contributed by atoms with E-state index < -0.39 is 9.84 Å². The maximum atomic E-state index is 12.5. The molecule has 8 nitrogen and oxygen atoms in total. The van der Waals surface area contributed by atoms with Gasteiger partial charge in [-0.3, -0.25) is 0 Å². The lowest BCUT2D eigenvalue weighted by molar-refractivity contribution is 0.123. The smallest absolute Gasteiger partial charge is 0.178 e. The molecule has 0 bridgehead atoms. The zero-order valence-corrected chi connectivity index (χ0v) is 19.2. The molecule has 1 aliphatic rings. The topological polar surface area (TPSA) is 96.5 Å². The van der Waals surface area contributed by atoms with E-state index in [1.54, 1.807) is 37.3 Å². The first-order chi connectivity index (χ1) is 15.4. The number of ether oxygens (including phenoxy) is 1. The highest BCUT2D eigenvalue weighted by molar-refractivity contribution is 7.91. The lowest BCUT2D eigenvalue weighted by atomic mass is 10.2. The Morgan fingerprint density at radius 1 is 1.00 bits per heavy atom. The van der Waals surface area contributed by atoms with Crippen molar-refractivity contribution in [1.29, 1.82) is 0 Å². The fraction of sp³-hybridized carbons (Fsp3) is 0.273. The van der Waals surface area contributed by atoms with E-state index >= 15 is 0 Å². The van der Waals surface area contributed by atoms with Gasteiger partial charge in [-0.05, 0) is 42.5 Å². The molecule has 1 aromatic heterocycles. The summed E-state index contributed by atoms with van der Waals surface area (Å²) in [6.07, 6.45) is 1.45. The summed E-state index contributed by atoms with van der Waals surface area (Å²) in [5, 5.41) is 7.14. The zero-order chi connectivity index (χ0) is 22.6. The second-order valence-corrected chi connectivity index (χ2v) is 9.94. The molecule has 3 aromatic rings. The molecular weight excluding hydrogens is 450 g/mol. The van der Waals surface area contributed by atoms with E-state index in [0.717, 1.165) is 24.5 Å². The van der Waals surface area contributed by atoms with E-state index in [1.807, 2.05) is 18.2 Å². The summed E-state index contributed by atoms with van der Waals surface area (Å²) in [4.78, 5) is 11.0. The number of morpholine rings is 1. The molecule has 0 amide bonds. The van der Waals surface area contributed by atoms with E-state index in [9.17, 15) is 8.42 Å². The Morgan fingerprint density at radius 2 is 1.69 bits per heavy atom. The predicted molar refractivity (Wildman–Crippen MR) is 127 cm³/mol. The minimum absolute atomic E-state index is 0.0337. The summed E-state index contributed by atoms with van der Waals surface area (Å²) in [5.41, 5.74) is 2.40. The van der Waals surface area contributed by atoms with Crippen molar-refractivity contribution in [1.82, 2.24) is 9.97 Å². The highest BCUT2D eigenvalue weighted by Crippen LogP contribution is 2.32. The molecule has 1 fully saturated rings. The third kappa shape index (κ3) is 5.29. The molecule has 4 rings (SSSR count). The van der Waals surface area contributed by atoms with Crippen LogP contribution in [0.2, 0.25) is 5.02 Å². The van der Waals surface area contributed by atoms with Crippen LogP contribution in [0.3, 0.4) is 0 Å². The van der Waals surface area contributed by atoms with Gasteiger partial charge in [-0.2, -0.15) is 0 Å². The van der Waals surface area contributed by atoms with Crippen molar-refractivity contribution in [2.75, 3.05) is 47.6 Å². The number of sulfone groups is 1. The number of hydrogen-bond donors (Lipinski definition) is 2. The van der Waals surface area contributed by atoms with Crippen molar-refractivity contribution in [3.05, 3.63) is 59.9 Å². The van der Waals surface area contributed by atoms with Gasteiger partial charge in [0.2, 0.25) is 0 Å². The van der Waals surface area contributed by atoms with Crippen LogP contribution in [-0.2, 0) is 14.6 Å². The second kappa shape index (κ2) is 9.72. The molecule has 2 N–H and O–H groups in total. The molecule has 2 heterocycles. The largest absolute Gasteiger partial charge is 0.378 e. The minimum Gasteiger partial charge on any atom is -0.378 e. The molecule has 32 heavy (non-hydrogen) atoms. The van der Waals surface area contributed by atoms with Crippen LogP contribution in [0.25, 0.3) is 0 Å². The van der Waals surface area contributed by atoms with Gasteiger partial charge in [0, 0.05) is 29.9 Å². The van der Waals surface area contributed by atoms with E-state index in [2.05, 4.69) is 25.5 Å². The number of benzene rings is 2. The van der Waals surface area contributed by atoms with E-state index in [0.29, 0.717) is 35.6 Å². The van der Waals surface area contributed by atoms with Crippen LogP contribution in [0.15, 0.2) is 59.8 Å². The van der Waals surface area contributed by atoms with Crippen molar-refractivity contribution in [2.45, 2.75) is 11.8 Å². The molecule has 1 saturated heterocycles. The Bertz CT molecular complexity index is 1180. The number of nitrogens with zero attached hydrogens (tertiary/aromatic N) is 3. The van der Waals surface area contributed by atoms with Gasteiger partial charge >= 0.3 is 0 Å². The quantitative estimate of drug-likeness (QED) is 0.525. The van der Waals surface area contributed by atoms with Gasteiger partial charge in [-0.15, -0.1) is 0 Å². The highest BCUT2D eigenvalue weighted by atomic mass is 35.5. The first-order valence-corrected chi connectivity index (χ1v) is 12.3. The molecule has 168 valence electrons. The van der Waals surface area contributed by atoms with Gasteiger partial charge in [-0.1, -0.05) is 18.5 Å². The van der Waals surface area contributed by atoms with Gasteiger partial charge in [-0.25, -0.2) is 18.4 Å². The van der Waals surface area contributed by atoms with Crippen LogP contribution in [-0.4, -0.2) is 50.4 Å². The van der Waals surface area contributed by atoms with Crippen molar-refractivity contribution in [3.8, 4) is 0 Å². The molecule has 0 atom stereocenters. The van der Waals surface area contributed by atoms with Crippen LogP contribution in [0.4, 0.5) is 28.7 Å². The van der Waals surface area contributed by atoms with Crippen LogP contribution >= 0.6 is 11.6 Å². The Balaban J connectivity index is 1.64. The maximum absolute atomic E-state index is 12.5. The van der Waals surface area contributed by atoms with E-state index in [1.165, 1.54) is 6.33 Å². The summed E-state index contributed by atoms with van der Waals surface area (Å²) < 4.78 is 30.4. The molecule has 0 radical (unpaired) electrons. The Morgan fingerprint density at radius 3 is 2.38 bits per heavy atom. The second-order valence-electron chi connectivity index (χ2n) is 7.23. The number of anilines is 5. The van der Waals surface area contributed by atoms with Crippen molar-refractivity contribution < 1.29 is 13.2 Å². The first-order valence-electron chi connectivity index (χ1n) is 10.3. The minimum atomic E-state index is -3.35. The Labute approximate surface area is 192 Å². The first kappa shape index (κ1) is 22.3. The fourth-order valence-corrected chi connectivity index (χ4v) is 4.40. The number of rotatable bonds is 7. The lowest BCUT2D eigenvalue weighted by Crippen LogP contribution is -2.36. The summed E-state index contributed by atoms with van der Waals surface area (Å²) in [6.45, 7) is 4.33. The molecule has 0 spiro atoms. The average Bonchev–Trinajstić information content (AvgIpc) is 2.81. The molecule has 0 saturated carbocycles. The molecule has 10 heteroatoms. The summed E-state index contributed by atoms with van der Waals surface area (Å²) in [7, 11) is -3.35. The SMILES string of the molecule is CCS(=O)(=O)c1ccc(N2CCOCC2)c(Nc2cc(Nc3ccc(Cl)cc3)ncn2)c1. The summed E-state index contributed by atoms with van der Waals surface area (Å²) in [6, 6.07) is 14.2. The zero-order valence-electron chi connectivity index (χ0n) is 17.6. The van der Waals surface area contributed by atoms with E-state index in [4.69, 9.17) is 16.3 Å². The van der Waals surface area contributed by atoms with Gasteiger partial charge in [0.05, 0.1) is 35.2 Å². The van der Waals surface area contributed by atoms with Crippen molar-refractivity contribution in [3.63, 3.8) is 0 Å². The molecular formula is C22H24ClN5O3S.